The molecule has 1 aliphatic heterocycles. The summed E-state index contributed by atoms with van der Waals surface area (Å²) in [5.41, 5.74) is 6.81. The number of allylic oxidation sites excluding steroid dienone is 2. The molecule has 7 nitrogen and oxygen atoms in total. The Balaban J connectivity index is 2.04. The summed E-state index contributed by atoms with van der Waals surface area (Å²) in [6, 6.07) is 7.25. The quantitative estimate of drug-likeness (QED) is 0.192. The second-order valence-electron chi connectivity index (χ2n) is 7.04. The van der Waals surface area contributed by atoms with Crippen LogP contribution >= 0.6 is 11.9 Å². The Morgan fingerprint density at radius 3 is 2.47 bits per heavy atom. The van der Waals surface area contributed by atoms with Crippen molar-refractivity contribution in [1.82, 2.24) is 9.80 Å². The lowest BCUT2D eigenvalue weighted by Gasteiger charge is -2.23. The number of halogens is 1. The smallest absolute Gasteiger partial charge is 0.257 e. The number of nitrogens with two attached hydrogens (primary N) is 1. The molecule has 0 unspecified atom stereocenters. The third-order valence-electron chi connectivity index (χ3n) is 4.98. The van der Waals surface area contributed by atoms with Crippen LogP contribution in [0, 0.1) is 0 Å². The first-order chi connectivity index (χ1) is 15.5. The van der Waals surface area contributed by atoms with Crippen molar-refractivity contribution in [3.05, 3.63) is 65.7 Å². The van der Waals surface area contributed by atoms with Crippen LogP contribution in [0.5, 0.6) is 0 Å². The number of rotatable bonds is 9. The Hall–Kier alpha value is -2.78. The van der Waals surface area contributed by atoms with Crippen LogP contribution in [-0.2, 0) is 9.53 Å². The average molecular weight is 463 g/mol. The molecule has 174 valence electrons. The van der Waals surface area contributed by atoms with Crippen LogP contribution in [0.3, 0.4) is 0 Å². The number of carbonyl (C=O) groups excluding carboxylic acids is 2. The van der Waals surface area contributed by atoms with Crippen LogP contribution < -0.4 is 10.5 Å². The lowest BCUT2D eigenvalue weighted by molar-refractivity contribution is -0.126. The highest BCUT2D eigenvalue weighted by Gasteiger charge is 2.26. The summed E-state index contributed by atoms with van der Waals surface area (Å²) in [4.78, 5) is 29.1. The minimum atomic E-state index is -0.745. The zero-order chi connectivity index (χ0) is 23.5. The predicted octanol–water partition coefficient (Wildman–Crippen LogP) is 3.34. The van der Waals surface area contributed by atoms with Crippen molar-refractivity contribution in [2.45, 2.75) is 13.3 Å². The van der Waals surface area contributed by atoms with E-state index in [2.05, 4.69) is 11.3 Å². The van der Waals surface area contributed by atoms with Crippen molar-refractivity contribution < 1.29 is 18.7 Å². The number of methoxy groups -OCH3 is 1. The van der Waals surface area contributed by atoms with Gasteiger partial charge in [-0.05, 0) is 43.7 Å². The van der Waals surface area contributed by atoms with Crippen LogP contribution in [0.25, 0.3) is 0 Å². The molecular formula is C23H31FN4O3S. The van der Waals surface area contributed by atoms with E-state index in [1.54, 1.807) is 28.9 Å². The number of carbonyl (C=O) groups is 2. The third-order valence-corrected chi connectivity index (χ3v) is 5.80. The highest BCUT2D eigenvalue weighted by molar-refractivity contribution is 8.00. The van der Waals surface area contributed by atoms with Gasteiger partial charge in [-0.25, -0.2) is 4.39 Å². The molecule has 1 fully saturated rings. The van der Waals surface area contributed by atoms with E-state index >= 15 is 0 Å². The minimum Gasteiger partial charge on any atom is -0.494 e. The van der Waals surface area contributed by atoms with Crippen LogP contribution in [-0.4, -0.2) is 67.2 Å². The van der Waals surface area contributed by atoms with Crippen molar-refractivity contribution in [2.24, 2.45) is 5.73 Å². The summed E-state index contributed by atoms with van der Waals surface area (Å²) in [6.07, 6.45) is 3.25. The van der Waals surface area contributed by atoms with Crippen molar-refractivity contribution in [1.29, 1.82) is 0 Å². The Kier molecular flexibility index (Phi) is 10.3. The van der Waals surface area contributed by atoms with E-state index in [1.807, 2.05) is 12.1 Å². The Morgan fingerprint density at radius 2 is 1.88 bits per heavy atom. The number of anilines is 1. The van der Waals surface area contributed by atoms with E-state index in [-0.39, 0.29) is 17.2 Å². The van der Waals surface area contributed by atoms with E-state index in [0.717, 1.165) is 11.4 Å². The fourth-order valence-corrected chi connectivity index (χ4v) is 3.81. The molecule has 0 bridgehead atoms. The monoisotopic (exact) mass is 462 g/mol. The van der Waals surface area contributed by atoms with E-state index in [9.17, 15) is 14.0 Å². The number of hydrogen-bond acceptors (Lipinski definition) is 6. The topological polar surface area (TPSA) is 87.9 Å². The van der Waals surface area contributed by atoms with E-state index in [0.29, 0.717) is 44.7 Å². The number of nitrogens with zero attached hydrogens (tertiary/aromatic N) is 2. The highest BCUT2D eigenvalue weighted by Crippen LogP contribution is 2.21. The molecule has 3 N–H and O–H groups in total. The summed E-state index contributed by atoms with van der Waals surface area (Å²) in [7, 11) is 1.34. The fourth-order valence-electron chi connectivity index (χ4n) is 3.29. The molecule has 0 atom stereocenters. The largest absolute Gasteiger partial charge is 0.494 e. The minimum absolute atomic E-state index is 0.0146. The summed E-state index contributed by atoms with van der Waals surface area (Å²) in [6.45, 7) is 7.40. The molecular weight excluding hydrogens is 431 g/mol. The summed E-state index contributed by atoms with van der Waals surface area (Å²) in [5.74, 6) is -0.530. The van der Waals surface area contributed by atoms with Gasteiger partial charge < -0.3 is 25.0 Å². The van der Waals surface area contributed by atoms with Gasteiger partial charge in [0, 0.05) is 49.7 Å². The number of ether oxygens (including phenoxy) is 1. The molecule has 1 saturated heterocycles. The number of benzene rings is 1. The first-order valence-electron chi connectivity index (χ1n) is 10.5. The van der Waals surface area contributed by atoms with Gasteiger partial charge in [0.1, 0.15) is 0 Å². The van der Waals surface area contributed by atoms with E-state index in [4.69, 9.17) is 10.5 Å². The van der Waals surface area contributed by atoms with Crippen molar-refractivity contribution >= 4 is 29.4 Å². The van der Waals surface area contributed by atoms with Gasteiger partial charge in [0.25, 0.3) is 11.8 Å². The van der Waals surface area contributed by atoms with Gasteiger partial charge in [0.2, 0.25) is 0 Å². The van der Waals surface area contributed by atoms with Crippen LogP contribution in [0.2, 0.25) is 0 Å². The van der Waals surface area contributed by atoms with Gasteiger partial charge in [-0.1, -0.05) is 24.6 Å². The van der Waals surface area contributed by atoms with Gasteiger partial charge >= 0.3 is 0 Å². The van der Waals surface area contributed by atoms with Crippen LogP contribution in [0.1, 0.15) is 23.7 Å². The van der Waals surface area contributed by atoms with Gasteiger partial charge in [-0.2, -0.15) is 0 Å². The van der Waals surface area contributed by atoms with Crippen LogP contribution in [0.4, 0.5) is 10.1 Å². The summed E-state index contributed by atoms with van der Waals surface area (Å²) >= 11 is 1.51. The van der Waals surface area contributed by atoms with Gasteiger partial charge in [0.15, 0.2) is 11.6 Å². The van der Waals surface area contributed by atoms with E-state index < -0.39 is 11.7 Å². The molecule has 1 aliphatic rings. The van der Waals surface area contributed by atoms with Gasteiger partial charge in [-0.3, -0.25) is 9.59 Å². The first-order valence-corrected chi connectivity index (χ1v) is 11.4. The average Bonchev–Trinajstić information content (AvgIpc) is 3.07. The van der Waals surface area contributed by atoms with Crippen molar-refractivity contribution in [3.8, 4) is 0 Å². The number of amides is 2. The molecule has 2 rings (SSSR count). The zero-order valence-electron chi connectivity index (χ0n) is 18.6. The normalized spacial score (nSPS) is 15.6. The summed E-state index contributed by atoms with van der Waals surface area (Å²) in [5, 5.41) is 0. The summed E-state index contributed by atoms with van der Waals surface area (Å²) < 4.78 is 22.8. The second-order valence-corrected chi connectivity index (χ2v) is 7.94. The Labute approximate surface area is 193 Å². The number of hydrogen-bond donors (Lipinski definition) is 2. The van der Waals surface area contributed by atoms with Crippen molar-refractivity contribution in [2.75, 3.05) is 50.3 Å². The lowest BCUT2D eigenvalue weighted by Crippen LogP contribution is -2.38. The first kappa shape index (κ1) is 25.5. The maximum absolute atomic E-state index is 14.7. The maximum Gasteiger partial charge on any atom is 0.257 e. The van der Waals surface area contributed by atoms with Gasteiger partial charge in [-0.15, -0.1) is 0 Å². The molecule has 0 saturated carbocycles. The molecule has 0 radical (unpaired) electrons. The molecule has 1 heterocycles. The molecule has 0 aliphatic carbocycles. The van der Waals surface area contributed by atoms with E-state index in [1.165, 1.54) is 31.2 Å². The van der Waals surface area contributed by atoms with Crippen LogP contribution in [0.15, 0.2) is 60.2 Å². The molecule has 1 aromatic carbocycles. The second kappa shape index (κ2) is 12.9. The Bertz CT molecular complexity index is 870. The van der Waals surface area contributed by atoms with Gasteiger partial charge in [0.05, 0.1) is 12.7 Å². The maximum atomic E-state index is 14.7. The zero-order valence-corrected chi connectivity index (χ0v) is 19.4. The molecule has 2 amide bonds. The fraction of sp³-hybridized carbons (Fsp3) is 0.391. The molecule has 9 heteroatoms. The molecule has 32 heavy (non-hydrogen) atoms. The van der Waals surface area contributed by atoms with Crippen molar-refractivity contribution in [3.63, 3.8) is 0 Å². The standard InChI is InChI=1S/C23H31FN4O3S/c1-4-19(21(24)20(5-2)31-3)23(30)28-13-6-12-27(14-15-28)22(29)17-7-9-18(10-8-17)26-32-16-11-25/h4-5,7-10,26H,1,6,11-16,25H2,2-3H3/b20-5+,21-19-. The Morgan fingerprint density at radius 1 is 1.22 bits per heavy atom. The third kappa shape index (κ3) is 6.61. The number of nitrogens with one attached hydrogen (secondary N) is 1. The predicted molar refractivity (Wildman–Crippen MR) is 128 cm³/mol. The molecule has 0 aromatic heterocycles. The lowest BCUT2D eigenvalue weighted by atomic mass is 10.1. The molecule has 0 spiro atoms. The molecule has 1 aromatic rings. The highest BCUT2D eigenvalue weighted by atomic mass is 32.2. The SMILES string of the molecule is C=C/C(C(=O)N1CCCN(C(=O)c2ccc(NSCCN)cc2)CC1)=C(F)\C(=C/C)OC.